The maximum Gasteiger partial charge on any atom is 0.338 e. The molecule has 0 bridgehead atoms. The summed E-state index contributed by atoms with van der Waals surface area (Å²) < 4.78 is 5.97. The molecule has 1 aromatic rings. The molecule has 0 unspecified atom stereocenters. The predicted molar refractivity (Wildman–Crippen MR) is 71.8 cm³/mol. The average Bonchev–Trinajstić information content (AvgIpc) is 2.19. The fourth-order valence-corrected chi connectivity index (χ4v) is 2.51. The first kappa shape index (κ1) is 11.9. The molecule has 86 valence electrons. The van der Waals surface area contributed by atoms with Crippen LogP contribution in [0.25, 0.3) is 0 Å². The van der Waals surface area contributed by atoms with Gasteiger partial charge in [0.2, 0.25) is 0 Å². The molecular formula is C13H15IO2. The van der Waals surface area contributed by atoms with E-state index in [1.807, 2.05) is 6.07 Å². The molecule has 0 heterocycles. The number of ether oxygens (including phenoxy) is 1. The van der Waals surface area contributed by atoms with E-state index in [0.717, 1.165) is 9.13 Å². The molecule has 0 saturated heterocycles. The molecule has 1 aliphatic rings. The molecule has 1 saturated carbocycles. The molecule has 0 aromatic heterocycles. The monoisotopic (exact) mass is 330 g/mol. The quantitative estimate of drug-likeness (QED) is 0.611. The Morgan fingerprint density at radius 3 is 2.62 bits per heavy atom. The second-order valence-electron chi connectivity index (χ2n) is 4.31. The summed E-state index contributed by atoms with van der Waals surface area (Å²) >= 11 is 2.26. The second-order valence-corrected chi connectivity index (χ2v) is 5.47. The second kappa shape index (κ2) is 4.73. The summed E-state index contributed by atoms with van der Waals surface area (Å²) in [6, 6.07) is 4.10. The standard InChI is InChI=1S/C13H15IO2/c1-8-6-10(9-4-3-5-9)11(7-12(8)14)13(15)16-2/h6-7,9H,3-5H2,1-2H3. The van der Waals surface area contributed by atoms with Crippen molar-refractivity contribution >= 4 is 28.6 Å². The Morgan fingerprint density at radius 2 is 2.12 bits per heavy atom. The number of aryl methyl sites for hydroxylation is 1. The van der Waals surface area contributed by atoms with E-state index < -0.39 is 0 Å². The van der Waals surface area contributed by atoms with Crippen molar-refractivity contribution in [2.75, 3.05) is 7.11 Å². The topological polar surface area (TPSA) is 26.3 Å². The number of carbonyl (C=O) groups excluding carboxylic acids is 1. The van der Waals surface area contributed by atoms with Crippen LogP contribution in [0.5, 0.6) is 0 Å². The summed E-state index contributed by atoms with van der Waals surface area (Å²) in [7, 11) is 1.44. The molecule has 2 nitrogen and oxygen atoms in total. The third kappa shape index (κ3) is 2.10. The average molecular weight is 330 g/mol. The van der Waals surface area contributed by atoms with Gasteiger partial charge in [0.25, 0.3) is 0 Å². The van der Waals surface area contributed by atoms with Gasteiger partial charge < -0.3 is 4.74 Å². The SMILES string of the molecule is COC(=O)c1cc(I)c(C)cc1C1CCC1. The van der Waals surface area contributed by atoms with Crippen LogP contribution in [0.3, 0.4) is 0 Å². The lowest BCUT2D eigenvalue weighted by atomic mass is 9.78. The summed E-state index contributed by atoms with van der Waals surface area (Å²) in [5.41, 5.74) is 3.17. The first-order chi connectivity index (χ1) is 7.63. The van der Waals surface area contributed by atoms with Gasteiger partial charge in [-0.3, -0.25) is 0 Å². The van der Waals surface area contributed by atoms with Crippen molar-refractivity contribution in [3.8, 4) is 0 Å². The van der Waals surface area contributed by atoms with Crippen LogP contribution in [0, 0.1) is 10.5 Å². The number of esters is 1. The van der Waals surface area contributed by atoms with E-state index in [0.29, 0.717) is 5.92 Å². The Balaban J connectivity index is 2.46. The molecule has 0 N–H and O–H groups in total. The molecule has 0 amide bonds. The largest absolute Gasteiger partial charge is 0.465 e. The lowest BCUT2D eigenvalue weighted by Crippen LogP contribution is -2.15. The van der Waals surface area contributed by atoms with Crippen LogP contribution < -0.4 is 0 Å². The number of carbonyl (C=O) groups is 1. The molecule has 0 spiro atoms. The van der Waals surface area contributed by atoms with E-state index in [-0.39, 0.29) is 5.97 Å². The zero-order valence-electron chi connectivity index (χ0n) is 9.55. The maximum atomic E-state index is 11.7. The van der Waals surface area contributed by atoms with Gasteiger partial charge in [0, 0.05) is 3.57 Å². The van der Waals surface area contributed by atoms with Gasteiger partial charge in [-0.25, -0.2) is 4.79 Å². The highest BCUT2D eigenvalue weighted by Gasteiger charge is 2.25. The number of halogens is 1. The van der Waals surface area contributed by atoms with Crippen LogP contribution in [0.15, 0.2) is 12.1 Å². The lowest BCUT2D eigenvalue weighted by molar-refractivity contribution is 0.0598. The zero-order chi connectivity index (χ0) is 11.7. The molecular weight excluding hydrogens is 315 g/mol. The van der Waals surface area contributed by atoms with Gasteiger partial charge in [-0.2, -0.15) is 0 Å². The maximum absolute atomic E-state index is 11.7. The van der Waals surface area contributed by atoms with Gasteiger partial charge in [-0.15, -0.1) is 0 Å². The van der Waals surface area contributed by atoms with Crippen molar-refractivity contribution in [3.05, 3.63) is 32.4 Å². The van der Waals surface area contributed by atoms with E-state index in [1.165, 1.54) is 37.5 Å². The summed E-state index contributed by atoms with van der Waals surface area (Å²) in [4.78, 5) is 11.7. The molecule has 16 heavy (non-hydrogen) atoms. The Morgan fingerprint density at radius 1 is 1.44 bits per heavy atom. The van der Waals surface area contributed by atoms with Crippen LogP contribution >= 0.6 is 22.6 Å². The molecule has 0 atom stereocenters. The van der Waals surface area contributed by atoms with E-state index >= 15 is 0 Å². The fraction of sp³-hybridized carbons (Fsp3) is 0.462. The van der Waals surface area contributed by atoms with Crippen molar-refractivity contribution in [1.29, 1.82) is 0 Å². The number of benzene rings is 1. The van der Waals surface area contributed by atoms with Gasteiger partial charge in [0.1, 0.15) is 0 Å². The Kier molecular flexibility index (Phi) is 3.52. The van der Waals surface area contributed by atoms with Crippen molar-refractivity contribution < 1.29 is 9.53 Å². The first-order valence-corrected chi connectivity index (χ1v) is 6.59. The molecule has 3 heteroatoms. The smallest absolute Gasteiger partial charge is 0.338 e. The number of hydrogen-bond acceptors (Lipinski definition) is 2. The fourth-order valence-electron chi connectivity index (χ4n) is 2.05. The highest BCUT2D eigenvalue weighted by Crippen LogP contribution is 2.39. The van der Waals surface area contributed by atoms with Gasteiger partial charge in [0.15, 0.2) is 0 Å². The normalized spacial score (nSPS) is 15.7. The molecule has 1 aliphatic carbocycles. The minimum atomic E-state index is -0.209. The number of hydrogen-bond donors (Lipinski definition) is 0. The minimum Gasteiger partial charge on any atom is -0.465 e. The molecule has 1 aromatic carbocycles. The van der Waals surface area contributed by atoms with Crippen molar-refractivity contribution in [1.82, 2.24) is 0 Å². The Bertz CT molecular complexity index is 422. The molecule has 1 fully saturated rings. The van der Waals surface area contributed by atoms with E-state index in [9.17, 15) is 4.79 Å². The molecule has 0 aliphatic heterocycles. The van der Waals surface area contributed by atoms with Crippen molar-refractivity contribution in [2.45, 2.75) is 32.1 Å². The third-order valence-corrected chi connectivity index (χ3v) is 4.44. The van der Waals surface area contributed by atoms with E-state index in [4.69, 9.17) is 4.74 Å². The highest BCUT2D eigenvalue weighted by atomic mass is 127. The summed E-state index contributed by atoms with van der Waals surface area (Å²) in [6.07, 6.45) is 3.67. The summed E-state index contributed by atoms with van der Waals surface area (Å²) in [6.45, 7) is 2.09. The van der Waals surface area contributed by atoms with Crippen LogP contribution in [0.4, 0.5) is 0 Å². The van der Waals surface area contributed by atoms with Gasteiger partial charge in [-0.05, 0) is 65.5 Å². The predicted octanol–water partition coefficient (Wildman–Crippen LogP) is 3.65. The first-order valence-electron chi connectivity index (χ1n) is 5.52. The zero-order valence-corrected chi connectivity index (χ0v) is 11.7. The van der Waals surface area contributed by atoms with Crippen LogP contribution in [0.1, 0.15) is 46.7 Å². The third-order valence-electron chi connectivity index (χ3n) is 3.28. The van der Waals surface area contributed by atoms with Crippen LogP contribution in [-0.2, 0) is 4.74 Å². The Hall–Kier alpha value is -0.580. The van der Waals surface area contributed by atoms with Gasteiger partial charge in [0.05, 0.1) is 12.7 Å². The number of rotatable bonds is 2. The van der Waals surface area contributed by atoms with Crippen molar-refractivity contribution in [3.63, 3.8) is 0 Å². The summed E-state index contributed by atoms with van der Waals surface area (Å²) in [5, 5.41) is 0. The van der Waals surface area contributed by atoms with Crippen molar-refractivity contribution in [2.24, 2.45) is 0 Å². The minimum absolute atomic E-state index is 0.209. The van der Waals surface area contributed by atoms with Gasteiger partial charge >= 0.3 is 5.97 Å². The summed E-state index contributed by atoms with van der Waals surface area (Å²) in [5.74, 6) is 0.351. The molecule has 0 radical (unpaired) electrons. The van der Waals surface area contributed by atoms with E-state index in [1.54, 1.807) is 0 Å². The Labute approximate surface area is 110 Å². The van der Waals surface area contributed by atoms with E-state index in [2.05, 4.69) is 35.6 Å². The molecule has 2 rings (SSSR count). The lowest BCUT2D eigenvalue weighted by Gasteiger charge is -2.28. The number of methoxy groups -OCH3 is 1. The van der Waals surface area contributed by atoms with Crippen LogP contribution in [0.2, 0.25) is 0 Å². The van der Waals surface area contributed by atoms with Gasteiger partial charge in [-0.1, -0.05) is 12.5 Å². The van der Waals surface area contributed by atoms with Crippen LogP contribution in [-0.4, -0.2) is 13.1 Å². The highest BCUT2D eigenvalue weighted by molar-refractivity contribution is 14.1.